The molecule has 126 valence electrons. The maximum Gasteiger partial charge on any atom is 0.345 e. The van der Waals surface area contributed by atoms with E-state index in [1.807, 2.05) is 0 Å². The van der Waals surface area contributed by atoms with Gasteiger partial charge in [-0.3, -0.25) is 9.59 Å². The van der Waals surface area contributed by atoms with Gasteiger partial charge < -0.3 is 35.0 Å². The second kappa shape index (κ2) is 9.97. The molecule has 0 radical (unpaired) electrons. The van der Waals surface area contributed by atoms with Gasteiger partial charge in [-0.2, -0.15) is 0 Å². The van der Waals surface area contributed by atoms with Crippen molar-refractivity contribution in [2.24, 2.45) is 0 Å². The van der Waals surface area contributed by atoms with E-state index in [4.69, 9.17) is 10.2 Å². The quantitative estimate of drug-likeness (QED) is 0.167. The first-order valence-electron chi connectivity index (χ1n) is 6.12. The molecule has 0 aromatic heterocycles. The summed E-state index contributed by atoms with van der Waals surface area (Å²) in [5.41, 5.74) is 0. The first-order valence-corrected chi connectivity index (χ1v) is 6.12. The van der Waals surface area contributed by atoms with Crippen LogP contribution in [-0.2, 0) is 23.9 Å². The van der Waals surface area contributed by atoms with E-state index in [0.717, 1.165) is 6.26 Å². The van der Waals surface area contributed by atoms with Crippen molar-refractivity contribution >= 4 is 17.9 Å². The van der Waals surface area contributed by atoms with Crippen LogP contribution in [0.15, 0.2) is 12.8 Å². The summed E-state index contributed by atoms with van der Waals surface area (Å²) >= 11 is 0. The molecule has 10 nitrogen and oxygen atoms in total. The lowest BCUT2D eigenvalue weighted by molar-refractivity contribution is -0.177. The molecule has 0 aliphatic rings. The van der Waals surface area contributed by atoms with E-state index in [-0.39, 0.29) is 0 Å². The van der Waals surface area contributed by atoms with Crippen LogP contribution in [0.1, 0.15) is 12.8 Å². The Balaban J connectivity index is 4.37. The molecule has 0 aromatic carbocycles. The monoisotopic (exact) mass is 322 g/mol. The van der Waals surface area contributed by atoms with Gasteiger partial charge in [0, 0.05) is 0 Å². The number of aliphatic hydroxyl groups excluding tert-OH is 5. The number of esters is 3. The van der Waals surface area contributed by atoms with Crippen molar-refractivity contribution in [1.29, 1.82) is 0 Å². The fourth-order valence-electron chi connectivity index (χ4n) is 1.24. The van der Waals surface area contributed by atoms with E-state index in [1.54, 1.807) is 0 Å². The highest BCUT2D eigenvalue weighted by molar-refractivity contribution is 5.89. The van der Waals surface area contributed by atoms with Gasteiger partial charge in [-0.05, 0) is 0 Å². The molecule has 0 fully saturated rings. The highest BCUT2D eigenvalue weighted by Gasteiger charge is 2.36. The van der Waals surface area contributed by atoms with Gasteiger partial charge in [0.05, 0.1) is 25.7 Å². The Morgan fingerprint density at radius 3 is 2.05 bits per heavy atom. The molecule has 0 amide bonds. The third kappa shape index (κ3) is 6.74. The van der Waals surface area contributed by atoms with Crippen LogP contribution in [0.2, 0.25) is 0 Å². The van der Waals surface area contributed by atoms with E-state index in [2.05, 4.69) is 16.1 Å². The Morgan fingerprint density at radius 2 is 1.55 bits per heavy atom. The lowest BCUT2D eigenvalue weighted by atomic mass is 10.0. The average Bonchev–Trinajstić information content (AvgIpc) is 2.50. The number of hydrogen-bond acceptors (Lipinski definition) is 10. The summed E-state index contributed by atoms with van der Waals surface area (Å²) in [5.74, 6) is -3.55. The zero-order valence-corrected chi connectivity index (χ0v) is 11.5. The van der Waals surface area contributed by atoms with Crippen molar-refractivity contribution in [3.05, 3.63) is 12.8 Å². The van der Waals surface area contributed by atoms with Gasteiger partial charge in [-0.25, -0.2) is 4.79 Å². The largest absolute Gasteiger partial charge is 0.435 e. The molecule has 0 unspecified atom stereocenters. The Morgan fingerprint density at radius 1 is 1.00 bits per heavy atom. The minimum absolute atomic E-state index is 0.400. The van der Waals surface area contributed by atoms with Crippen LogP contribution >= 0.6 is 0 Å². The molecule has 0 heterocycles. The zero-order valence-electron chi connectivity index (χ0n) is 11.5. The van der Waals surface area contributed by atoms with Gasteiger partial charge in [0.25, 0.3) is 0 Å². The van der Waals surface area contributed by atoms with E-state index in [0.29, 0.717) is 0 Å². The van der Waals surface area contributed by atoms with Crippen LogP contribution in [0.3, 0.4) is 0 Å². The summed E-state index contributed by atoms with van der Waals surface area (Å²) in [5, 5.41) is 45.7. The fraction of sp³-hybridized carbons (Fsp3) is 0.583. The van der Waals surface area contributed by atoms with Gasteiger partial charge in [0.2, 0.25) is 0 Å². The molecule has 0 aliphatic heterocycles. The maximum absolute atomic E-state index is 11.3. The highest BCUT2D eigenvalue weighted by atomic mass is 16.6. The lowest BCUT2D eigenvalue weighted by Crippen LogP contribution is -2.49. The van der Waals surface area contributed by atoms with Crippen LogP contribution < -0.4 is 0 Å². The zero-order chi connectivity index (χ0) is 17.3. The van der Waals surface area contributed by atoms with Gasteiger partial charge in [0.15, 0.2) is 6.10 Å². The maximum atomic E-state index is 11.3. The van der Waals surface area contributed by atoms with Crippen molar-refractivity contribution in [3.8, 4) is 0 Å². The molecular weight excluding hydrogens is 304 g/mol. The summed E-state index contributed by atoms with van der Waals surface area (Å²) in [6.45, 7) is 2.19. The van der Waals surface area contributed by atoms with Crippen LogP contribution in [0.25, 0.3) is 0 Å². The van der Waals surface area contributed by atoms with Crippen LogP contribution in [0, 0.1) is 0 Å². The number of rotatable bonds is 9. The molecule has 0 bridgehead atoms. The van der Waals surface area contributed by atoms with E-state index in [1.165, 1.54) is 0 Å². The normalized spacial score (nSPS) is 16.0. The number of ether oxygens (including phenoxy) is 2. The minimum Gasteiger partial charge on any atom is -0.435 e. The average molecular weight is 322 g/mol. The molecule has 0 saturated heterocycles. The topological polar surface area (TPSA) is 171 Å². The molecular formula is C12H18O10. The second-order valence-corrected chi connectivity index (χ2v) is 4.13. The van der Waals surface area contributed by atoms with Crippen molar-refractivity contribution in [2.45, 2.75) is 37.3 Å². The third-order valence-electron chi connectivity index (χ3n) is 2.46. The van der Waals surface area contributed by atoms with Crippen molar-refractivity contribution in [2.75, 3.05) is 6.61 Å². The molecule has 0 aromatic rings. The first-order chi connectivity index (χ1) is 10.2. The number of carbonyl (C=O) groups excluding carboxylic acids is 3. The van der Waals surface area contributed by atoms with Crippen molar-refractivity contribution < 1.29 is 49.4 Å². The van der Waals surface area contributed by atoms with Crippen molar-refractivity contribution in [1.82, 2.24) is 0 Å². The van der Waals surface area contributed by atoms with Gasteiger partial charge in [-0.15, -0.1) is 0 Å². The Hall–Kier alpha value is -1.85. The van der Waals surface area contributed by atoms with E-state index < -0.39 is 61.8 Å². The number of hydrogen-bond donors (Lipinski definition) is 5. The smallest absolute Gasteiger partial charge is 0.345 e. The molecule has 4 atom stereocenters. The highest BCUT2D eigenvalue weighted by Crippen LogP contribution is 2.07. The molecule has 5 N–H and O–H groups in total. The molecule has 0 aliphatic carbocycles. The summed E-state index contributed by atoms with van der Waals surface area (Å²) in [6.07, 6.45) is -8.43. The Bertz CT molecular complexity index is 407. The molecule has 0 spiro atoms. The van der Waals surface area contributed by atoms with Crippen LogP contribution in [0.4, 0.5) is 0 Å². The molecule has 0 rings (SSSR count). The van der Waals surface area contributed by atoms with Crippen molar-refractivity contribution in [3.63, 3.8) is 0 Å². The van der Waals surface area contributed by atoms with E-state index >= 15 is 0 Å². The summed E-state index contributed by atoms with van der Waals surface area (Å²) in [7, 11) is 0. The third-order valence-corrected chi connectivity index (χ3v) is 2.46. The molecule has 0 saturated carbocycles. The standard InChI is InChI=1S/C12H18O10/c1-2-21-7(15)3-4-8(16)22-12(20)11(19)10(18)9(17)6(14)5-13/h2,6,9-11,13-14,17-19H,1,3-5H2/t6-,9-,10+,11-/m1/s1. The number of aliphatic hydroxyl groups is 5. The fourth-order valence-corrected chi connectivity index (χ4v) is 1.24. The second-order valence-electron chi connectivity index (χ2n) is 4.13. The van der Waals surface area contributed by atoms with Gasteiger partial charge >= 0.3 is 17.9 Å². The SMILES string of the molecule is C=COC(=O)CCC(=O)OC(=O)[C@H](O)[C@@H](O)[C@H](O)[C@H](O)CO. The summed E-state index contributed by atoms with van der Waals surface area (Å²) in [6, 6.07) is 0. The Labute approximate surface area is 125 Å². The first kappa shape index (κ1) is 20.1. The minimum atomic E-state index is -2.33. The predicted octanol–water partition coefficient (Wildman–Crippen LogP) is -3.04. The summed E-state index contributed by atoms with van der Waals surface area (Å²) in [4.78, 5) is 33.5. The van der Waals surface area contributed by atoms with Gasteiger partial charge in [-0.1, -0.05) is 6.58 Å². The Kier molecular flexibility index (Phi) is 9.13. The van der Waals surface area contributed by atoms with E-state index in [9.17, 15) is 29.7 Å². The van der Waals surface area contributed by atoms with Crippen LogP contribution in [-0.4, -0.2) is 74.5 Å². The van der Waals surface area contributed by atoms with Crippen LogP contribution in [0.5, 0.6) is 0 Å². The molecule has 10 heteroatoms. The molecule has 22 heavy (non-hydrogen) atoms. The predicted molar refractivity (Wildman–Crippen MR) is 67.7 cm³/mol. The summed E-state index contributed by atoms with van der Waals surface area (Å²) < 4.78 is 8.46. The lowest BCUT2D eigenvalue weighted by Gasteiger charge is -2.24. The number of carbonyl (C=O) groups is 3. The van der Waals surface area contributed by atoms with Gasteiger partial charge in [0.1, 0.15) is 18.3 Å².